The van der Waals surface area contributed by atoms with Gasteiger partial charge in [-0.2, -0.15) is 102 Å². The molecule has 5 N–H and O–H groups in total. The van der Waals surface area contributed by atoms with Crippen LogP contribution in [-0.4, -0.2) is 49.5 Å². The van der Waals surface area contributed by atoms with E-state index in [4.69, 9.17) is 43.6 Å². The minimum Gasteiger partial charge on any atom is -0.891 e. The van der Waals surface area contributed by atoms with Crippen LogP contribution in [0.3, 0.4) is 0 Å². The topological polar surface area (TPSA) is 182 Å². The van der Waals surface area contributed by atoms with E-state index >= 15 is 0 Å². The van der Waals surface area contributed by atoms with Crippen molar-refractivity contribution in [1.29, 1.82) is 10.5 Å². The van der Waals surface area contributed by atoms with E-state index in [1.54, 1.807) is 24.3 Å². The number of halogens is 10. The Kier molecular flexibility index (Phi) is 62.7. The number of aliphatic hydroxyl groups is 2. The average Bonchev–Trinajstić information content (AvgIpc) is 2.98. The van der Waals surface area contributed by atoms with Gasteiger partial charge in [0.25, 0.3) is 5.60 Å². The maximum atomic E-state index is 12.2. The summed E-state index contributed by atoms with van der Waals surface area (Å²) in [6.07, 6.45) is -10.0. The molecule has 0 aromatic heterocycles. The Bertz CT molecular complexity index is 1380. The number of benzene rings is 3. The first-order chi connectivity index (χ1) is 21.3. The molecule has 0 amide bonds. The minimum absolute atomic E-state index is 0. The summed E-state index contributed by atoms with van der Waals surface area (Å²) in [7, 11) is 0. The third-order valence-electron chi connectivity index (χ3n) is 4.56. The summed E-state index contributed by atoms with van der Waals surface area (Å²) in [6.45, 7) is 0.460. The fraction of sp³-hybridized carbons (Fsp3) is 0.214. The standard InChI is InChI=1S/C6H8F6O2.C6H2F4O2.C6H5O.C6H5S.C4HN2S.6Na.H2O.2H2S/c1-3(2,13)4(14,5(7,8)9)6(10,11)12;7-1-2(8)4(10)6(12)5(11)3(1)9;2*7-6-4-2-1-3-5-6;5-2-1-4(7)3-6;;;;;;;;;/h13-14H,1-2H3;11-12H;2*1-4,7H;7H;;;;;;;3*1H2/q;;3*-1;6*+1;;;/p-6. The zero-order chi connectivity index (χ0) is 37.4. The molecule has 0 saturated carbocycles. The van der Waals surface area contributed by atoms with E-state index in [1.807, 2.05) is 30.3 Å². The van der Waals surface area contributed by atoms with Gasteiger partial charge in [0.1, 0.15) is 5.60 Å². The van der Waals surface area contributed by atoms with Crippen LogP contribution in [0.2, 0.25) is 0 Å². The van der Waals surface area contributed by atoms with Crippen LogP contribution in [-0.2, 0) is 52.2 Å². The van der Waals surface area contributed by atoms with Crippen LogP contribution in [0.5, 0.6) is 17.2 Å². The second-order valence-electron chi connectivity index (χ2n) is 8.35. The number of allylic oxidation sites excluding steroid dienone is 2. The second kappa shape index (κ2) is 41.1. The zero-order valence-electron chi connectivity index (χ0n) is 30.6. The SMILES string of the molecule is CC(C)(O)C(O)(C(F)(F)F)C(F)(F)F.N#C[C-]=C([S-])C#N.Oc1c(O)c(F)c(F)c(F)c1F.[Na+].[Na+].[Na+].[Na+].[Na+].[Na+].[O-]c1[c-]cccc1.[OH-].[S-]c1[c-]cccc1.[SH-].[SH-]. The first-order valence-corrected chi connectivity index (χ1v) is 12.3. The van der Waals surface area contributed by atoms with Gasteiger partial charge in [-0.1, -0.05) is 0 Å². The number of para-hydroxylation sites is 1. The first-order valence-electron chi connectivity index (χ1n) is 11.5. The molecule has 3 aromatic rings. The number of hydrogen-bond donors (Lipinski definition) is 4. The van der Waals surface area contributed by atoms with E-state index in [0.717, 1.165) is 4.90 Å². The van der Waals surface area contributed by atoms with Crippen molar-refractivity contribution < 1.29 is 252 Å². The van der Waals surface area contributed by atoms with Crippen LogP contribution < -0.4 is 182 Å². The number of hydrogen-bond acceptors (Lipinski definition) is 12. The van der Waals surface area contributed by atoms with Crippen LogP contribution >= 0.6 is 0 Å². The molecule has 0 atom stereocenters. The molecular weight excluding hydrogens is 917 g/mol. The number of phenols is 2. The van der Waals surface area contributed by atoms with E-state index in [9.17, 15) is 49.0 Å². The molecule has 0 bridgehead atoms. The summed E-state index contributed by atoms with van der Waals surface area (Å²) in [5.74, 6) is -11.7. The Hall–Kier alpha value is 2.10. The van der Waals surface area contributed by atoms with Gasteiger partial charge in [-0.15, -0.1) is 0 Å². The van der Waals surface area contributed by atoms with Crippen LogP contribution in [0.15, 0.2) is 58.3 Å². The summed E-state index contributed by atoms with van der Waals surface area (Å²) in [5, 5.41) is 59.9. The number of phenolic OH excluding ortho intramolecular Hbond substituents is 2. The van der Waals surface area contributed by atoms with Crippen molar-refractivity contribution in [2.45, 2.75) is 42.3 Å². The van der Waals surface area contributed by atoms with Gasteiger partial charge in [0.15, 0.2) is 0 Å². The van der Waals surface area contributed by atoms with E-state index in [-0.39, 0.29) is 234 Å². The van der Waals surface area contributed by atoms with E-state index < -0.39 is 58.3 Å². The number of thiol groups is 2. The number of nitrogens with zero attached hydrogens (tertiary/aromatic N) is 2. The van der Waals surface area contributed by atoms with Crippen LogP contribution in [0.25, 0.3) is 0 Å². The fourth-order valence-electron chi connectivity index (χ4n) is 2.30. The first kappa shape index (κ1) is 85.4. The molecule has 0 aliphatic carbocycles. The van der Waals surface area contributed by atoms with Crippen LogP contribution in [0, 0.1) is 64.1 Å². The molecule has 282 valence electrons. The van der Waals surface area contributed by atoms with Gasteiger partial charge < -0.3 is 88.5 Å². The van der Waals surface area contributed by atoms with E-state index in [0.29, 0.717) is 0 Å². The molecule has 3 rings (SSSR count). The third-order valence-corrected chi connectivity index (χ3v) is 5.00. The summed E-state index contributed by atoms with van der Waals surface area (Å²) >= 11 is 9.02. The van der Waals surface area contributed by atoms with E-state index in [2.05, 4.69) is 24.8 Å². The predicted octanol–water partition coefficient (Wildman–Crippen LogP) is -13.2. The normalized spacial score (nSPS) is 9.46. The molecule has 8 nitrogen and oxygen atoms in total. The Morgan fingerprint density at radius 1 is 0.714 bits per heavy atom. The second-order valence-corrected chi connectivity index (χ2v) is 9.20. The van der Waals surface area contributed by atoms with Crippen LogP contribution in [0.1, 0.15) is 13.8 Å². The summed E-state index contributed by atoms with van der Waals surface area (Å²) in [5.41, 5.74) is -8.50. The predicted molar refractivity (Wildman–Crippen MR) is 163 cm³/mol. The largest absolute Gasteiger partial charge is 1.00 e. The number of nitriles is 2. The molecule has 0 saturated heterocycles. The van der Waals surface area contributed by atoms with Gasteiger partial charge >= 0.3 is 190 Å². The van der Waals surface area contributed by atoms with Gasteiger partial charge in [0, 0.05) is 0 Å². The number of aromatic hydroxyl groups is 2. The van der Waals surface area contributed by atoms with Gasteiger partial charge in [0.05, 0.1) is 0 Å². The van der Waals surface area contributed by atoms with Gasteiger partial charge in [-0.05, 0) is 19.9 Å². The van der Waals surface area contributed by atoms with Crippen molar-refractivity contribution in [2.75, 3.05) is 0 Å². The molecule has 56 heavy (non-hydrogen) atoms. The molecule has 0 aliphatic rings. The fourth-order valence-corrected chi connectivity index (χ4v) is 2.49. The summed E-state index contributed by atoms with van der Waals surface area (Å²) in [6, 6.07) is 22.4. The molecule has 0 heterocycles. The molecular formula is C28H21F10N2Na6O6S4-3. The Labute approximate surface area is 474 Å². The molecule has 0 spiro atoms. The zero-order valence-corrected chi connectivity index (χ0v) is 46.1. The van der Waals surface area contributed by atoms with Crippen molar-refractivity contribution >= 4 is 52.2 Å². The third kappa shape index (κ3) is 31.0. The Morgan fingerprint density at radius 2 is 1.05 bits per heavy atom. The number of alkyl halides is 6. The maximum absolute atomic E-state index is 12.2. The monoisotopic (exact) mass is 937 g/mol. The van der Waals surface area contributed by atoms with Crippen LogP contribution in [0.4, 0.5) is 43.9 Å². The van der Waals surface area contributed by atoms with Crippen molar-refractivity contribution in [1.82, 2.24) is 0 Å². The number of rotatable bonds is 1. The van der Waals surface area contributed by atoms with Crippen molar-refractivity contribution in [3.63, 3.8) is 0 Å². The molecule has 3 aromatic carbocycles. The molecule has 0 aliphatic heterocycles. The molecule has 28 heteroatoms. The van der Waals surface area contributed by atoms with Gasteiger partial charge in [-0.3, -0.25) is 9.80 Å². The smallest absolute Gasteiger partial charge is 0.891 e. The van der Waals surface area contributed by atoms with Gasteiger partial charge in [0.2, 0.25) is 34.8 Å². The quantitative estimate of drug-likeness (QED) is 0.0209. The molecule has 0 radical (unpaired) electrons. The molecule has 0 fully saturated rings. The summed E-state index contributed by atoms with van der Waals surface area (Å²) < 4.78 is 121. The molecule has 0 unspecified atom stereocenters. The van der Waals surface area contributed by atoms with Crippen molar-refractivity contribution in [3.05, 3.63) is 94.9 Å². The van der Waals surface area contributed by atoms with Crippen molar-refractivity contribution in [3.8, 4) is 29.4 Å². The van der Waals surface area contributed by atoms with E-state index in [1.165, 1.54) is 12.1 Å². The maximum Gasteiger partial charge on any atom is 1.00 e. The Morgan fingerprint density at radius 3 is 1.18 bits per heavy atom. The van der Waals surface area contributed by atoms with Crippen molar-refractivity contribution in [2.24, 2.45) is 0 Å². The minimum atomic E-state index is -6.00. The Balaban J connectivity index is -0.0000000495. The van der Waals surface area contributed by atoms with Gasteiger partial charge in [-0.25, -0.2) is 25.9 Å². The average molecular weight is 938 g/mol. The summed E-state index contributed by atoms with van der Waals surface area (Å²) in [4.78, 5) is 0.685.